The van der Waals surface area contributed by atoms with Crippen molar-refractivity contribution < 1.29 is 8.78 Å². The Morgan fingerprint density at radius 2 is 2.00 bits per heavy atom. The number of nitrogens with two attached hydrogens (primary N) is 1. The summed E-state index contributed by atoms with van der Waals surface area (Å²) in [6.07, 6.45) is 3.09. The first-order valence-electron chi connectivity index (χ1n) is 6.60. The van der Waals surface area contributed by atoms with Gasteiger partial charge in [-0.3, -0.25) is 0 Å². The molecule has 19 heavy (non-hydrogen) atoms. The predicted octanol–water partition coefficient (Wildman–Crippen LogP) is 3.05. The van der Waals surface area contributed by atoms with E-state index in [1.54, 1.807) is 0 Å². The van der Waals surface area contributed by atoms with Crippen molar-refractivity contribution in [3.05, 3.63) is 17.7 Å². The highest BCUT2D eigenvalue weighted by atomic mass is 19.1. The molecule has 0 atom stereocenters. The number of rotatable bonds is 7. The molecule has 0 spiro atoms. The van der Waals surface area contributed by atoms with E-state index in [0.29, 0.717) is 6.54 Å². The molecule has 3 N–H and O–H groups in total. The average Bonchev–Trinajstić information content (AvgIpc) is 2.35. The minimum absolute atomic E-state index is 0.0786. The molecule has 1 aromatic rings. The van der Waals surface area contributed by atoms with E-state index in [0.717, 1.165) is 25.3 Å². The lowest BCUT2D eigenvalue weighted by Crippen LogP contribution is -2.33. The van der Waals surface area contributed by atoms with Crippen molar-refractivity contribution in [1.82, 2.24) is 4.98 Å². The van der Waals surface area contributed by atoms with Crippen molar-refractivity contribution in [2.45, 2.75) is 46.1 Å². The third kappa shape index (κ3) is 4.02. The van der Waals surface area contributed by atoms with Crippen LogP contribution in [0.4, 0.5) is 20.4 Å². The normalized spacial score (nSPS) is 10.9. The van der Waals surface area contributed by atoms with Crippen molar-refractivity contribution in [2.75, 3.05) is 16.9 Å². The van der Waals surface area contributed by atoms with E-state index in [1.165, 1.54) is 0 Å². The molecule has 0 fully saturated rings. The Morgan fingerprint density at radius 1 is 1.32 bits per heavy atom. The largest absolute Gasteiger partial charge is 0.352 e. The predicted molar refractivity (Wildman–Crippen MR) is 74.0 cm³/mol. The fourth-order valence-corrected chi connectivity index (χ4v) is 1.90. The lowest BCUT2D eigenvalue weighted by molar-refractivity contribution is 0.552. The summed E-state index contributed by atoms with van der Waals surface area (Å²) in [5.41, 5.74) is 2.14. The molecule has 0 unspecified atom stereocenters. The molecular weight excluding hydrogens is 250 g/mol. The molecule has 1 rings (SSSR count). The van der Waals surface area contributed by atoms with Gasteiger partial charge in [-0.1, -0.05) is 19.8 Å². The number of unbranched alkanes of at least 4 members (excludes halogenated alkanes) is 2. The molecule has 0 radical (unpaired) electrons. The smallest absolute Gasteiger partial charge is 0.178 e. The summed E-state index contributed by atoms with van der Waals surface area (Å²) in [6.45, 7) is 6.69. The second-order valence-corrected chi connectivity index (χ2v) is 4.76. The molecule has 0 aliphatic carbocycles. The molecule has 1 heterocycles. The molecule has 1 aromatic heterocycles. The number of nitrogens with one attached hydrogen (secondary N) is 1. The molecule has 4 nitrogen and oxygen atoms in total. The number of hydrogen-bond donors (Lipinski definition) is 2. The number of hydrogen-bond acceptors (Lipinski definition) is 4. The first kappa shape index (κ1) is 15.6. The van der Waals surface area contributed by atoms with Crippen LogP contribution in [0.1, 0.15) is 40.0 Å². The van der Waals surface area contributed by atoms with E-state index < -0.39 is 11.6 Å². The van der Waals surface area contributed by atoms with E-state index in [1.807, 2.05) is 18.7 Å². The van der Waals surface area contributed by atoms with Crippen LogP contribution >= 0.6 is 0 Å². The molecular formula is C13H22F2N4. The summed E-state index contributed by atoms with van der Waals surface area (Å²) >= 11 is 0. The number of nitrogen functional groups attached to an aromatic ring is 1. The summed E-state index contributed by atoms with van der Waals surface area (Å²) in [5.74, 6) is 3.72. The zero-order chi connectivity index (χ0) is 14.4. The molecule has 0 saturated carbocycles. The van der Waals surface area contributed by atoms with Gasteiger partial charge in [0.1, 0.15) is 0 Å². The van der Waals surface area contributed by atoms with E-state index >= 15 is 0 Å². The van der Waals surface area contributed by atoms with Crippen molar-refractivity contribution in [3.8, 4) is 0 Å². The van der Waals surface area contributed by atoms with E-state index in [-0.39, 0.29) is 17.7 Å². The minimum Gasteiger partial charge on any atom is -0.352 e. The average molecular weight is 272 g/mol. The van der Waals surface area contributed by atoms with Gasteiger partial charge in [-0.05, 0) is 20.3 Å². The highest BCUT2D eigenvalue weighted by Crippen LogP contribution is 2.24. The Morgan fingerprint density at radius 3 is 2.53 bits per heavy atom. The third-order valence-corrected chi connectivity index (χ3v) is 2.95. The fraction of sp³-hybridized carbons (Fsp3) is 0.615. The van der Waals surface area contributed by atoms with Crippen LogP contribution in [-0.4, -0.2) is 17.6 Å². The molecule has 108 valence electrons. The van der Waals surface area contributed by atoms with Gasteiger partial charge in [-0.15, -0.1) is 0 Å². The van der Waals surface area contributed by atoms with Crippen molar-refractivity contribution in [2.24, 2.45) is 5.84 Å². The van der Waals surface area contributed by atoms with Crippen LogP contribution in [0, 0.1) is 11.6 Å². The fourth-order valence-electron chi connectivity index (χ4n) is 1.90. The summed E-state index contributed by atoms with van der Waals surface area (Å²) < 4.78 is 27.2. The monoisotopic (exact) mass is 272 g/mol. The molecule has 0 amide bonds. The standard InChI is InChI=1S/C13H22F2N4/c1-4-5-6-7-19(9(2)3)13-11(15)8-10(14)12(17-13)18-16/h8-9H,4-7,16H2,1-3H3,(H,17,18). The summed E-state index contributed by atoms with van der Waals surface area (Å²) in [6, 6.07) is 0.891. The molecule has 0 bridgehead atoms. The van der Waals surface area contributed by atoms with E-state index in [4.69, 9.17) is 5.84 Å². The number of aromatic nitrogens is 1. The van der Waals surface area contributed by atoms with Gasteiger partial charge in [0, 0.05) is 18.7 Å². The second-order valence-electron chi connectivity index (χ2n) is 4.76. The van der Waals surface area contributed by atoms with Crippen LogP contribution in [0.3, 0.4) is 0 Å². The Labute approximate surface area is 113 Å². The van der Waals surface area contributed by atoms with Gasteiger partial charge >= 0.3 is 0 Å². The quantitative estimate of drug-likeness (QED) is 0.455. The first-order valence-corrected chi connectivity index (χ1v) is 6.60. The van der Waals surface area contributed by atoms with Crippen LogP contribution in [0.5, 0.6) is 0 Å². The Hall–Kier alpha value is -1.43. The highest BCUT2D eigenvalue weighted by Gasteiger charge is 2.19. The number of hydrazine groups is 1. The van der Waals surface area contributed by atoms with Crippen LogP contribution < -0.4 is 16.2 Å². The topological polar surface area (TPSA) is 54.2 Å². The maximum atomic E-state index is 13.9. The maximum absolute atomic E-state index is 13.9. The summed E-state index contributed by atoms with van der Waals surface area (Å²) in [5, 5.41) is 0. The molecule has 0 aliphatic rings. The van der Waals surface area contributed by atoms with E-state index in [2.05, 4.69) is 17.3 Å². The number of anilines is 2. The van der Waals surface area contributed by atoms with Crippen molar-refractivity contribution in [1.29, 1.82) is 0 Å². The number of halogens is 2. The molecule has 0 aromatic carbocycles. The number of pyridine rings is 1. The van der Waals surface area contributed by atoms with Gasteiger partial charge in [0.25, 0.3) is 0 Å². The van der Waals surface area contributed by atoms with Crippen molar-refractivity contribution in [3.63, 3.8) is 0 Å². The maximum Gasteiger partial charge on any atom is 0.178 e. The van der Waals surface area contributed by atoms with Crippen molar-refractivity contribution >= 4 is 11.6 Å². The van der Waals surface area contributed by atoms with Crippen LogP contribution in [0.2, 0.25) is 0 Å². The SMILES string of the molecule is CCCCCN(c1nc(NN)c(F)cc1F)C(C)C. The summed E-state index contributed by atoms with van der Waals surface area (Å²) in [4.78, 5) is 5.76. The van der Waals surface area contributed by atoms with Gasteiger partial charge in [0.05, 0.1) is 0 Å². The van der Waals surface area contributed by atoms with E-state index in [9.17, 15) is 8.78 Å². The van der Waals surface area contributed by atoms with Crippen LogP contribution in [0.15, 0.2) is 6.07 Å². The highest BCUT2D eigenvalue weighted by molar-refractivity contribution is 5.49. The zero-order valence-corrected chi connectivity index (χ0v) is 11.7. The van der Waals surface area contributed by atoms with Gasteiger partial charge in [0.15, 0.2) is 23.3 Å². The lowest BCUT2D eigenvalue weighted by atomic mass is 10.2. The minimum atomic E-state index is -0.791. The second kappa shape index (κ2) is 7.23. The molecule has 0 aliphatic heterocycles. The van der Waals surface area contributed by atoms with Crippen LogP contribution in [-0.2, 0) is 0 Å². The molecule has 0 saturated heterocycles. The van der Waals surface area contributed by atoms with Gasteiger partial charge in [-0.2, -0.15) is 0 Å². The first-order chi connectivity index (χ1) is 9.01. The zero-order valence-electron chi connectivity index (χ0n) is 11.7. The van der Waals surface area contributed by atoms with Gasteiger partial charge in [0.2, 0.25) is 0 Å². The summed E-state index contributed by atoms with van der Waals surface area (Å²) in [7, 11) is 0. The van der Waals surface area contributed by atoms with Gasteiger partial charge in [-0.25, -0.2) is 19.6 Å². The third-order valence-electron chi connectivity index (χ3n) is 2.95. The Bertz CT molecular complexity index is 410. The lowest BCUT2D eigenvalue weighted by Gasteiger charge is -2.28. The Balaban J connectivity index is 3.01. The number of nitrogens with zero attached hydrogens (tertiary/aromatic N) is 2. The Kier molecular flexibility index (Phi) is 5.95. The molecule has 6 heteroatoms. The van der Waals surface area contributed by atoms with Gasteiger partial charge < -0.3 is 10.3 Å². The van der Waals surface area contributed by atoms with Crippen LogP contribution in [0.25, 0.3) is 0 Å².